The lowest BCUT2D eigenvalue weighted by Crippen LogP contribution is -2.03. The van der Waals surface area contributed by atoms with E-state index in [1.165, 1.54) is 5.56 Å². The molecule has 0 aliphatic rings. The molecule has 0 fully saturated rings. The molecule has 0 radical (unpaired) electrons. The van der Waals surface area contributed by atoms with Crippen molar-refractivity contribution in [2.24, 2.45) is 0 Å². The van der Waals surface area contributed by atoms with E-state index in [9.17, 15) is 0 Å². The second-order valence-electron chi connectivity index (χ2n) is 6.39. The van der Waals surface area contributed by atoms with Crippen molar-refractivity contribution >= 4 is 44.8 Å². The van der Waals surface area contributed by atoms with Crippen LogP contribution in [0.25, 0.3) is 0 Å². The molecule has 0 aliphatic carbocycles. The summed E-state index contributed by atoms with van der Waals surface area (Å²) in [5, 5.41) is 4.50. The van der Waals surface area contributed by atoms with Crippen LogP contribution in [0.3, 0.4) is 0 Å². The second-order valence-corrected chi connectivity index (χ2v) is 8.12. The first-order valence-electron chi connectivity index (χ1n) is 8.69. The summed E-state index contributed by atoms with van der Waals surface area (Å²) in [4.78, 5) is 0. The molecule has 0 aliphatic heterocycles. The molecule has 28 heavy (non-hydrogen) atoms. The van der Waals surface area contributed by atoms with Crippen molar-refractivity contribution in [1.29, 1.82) is 0 Å². The maximum Gasteiger partial charge on any atom is 0.175 e. The van der Waals surface area contributed by atoms with Crippen LogP contribution in [-0.2, 0) is 13.2 Å². The van der Waals surface area contributed by atoms with Crippen molar-refractivity contribution < 1.29 is 9.47 Å². The second kappa shape index (κ2) is 9.55. The first kappa shape index (κ1) is 20.8. The molecule has 1 N–H and O–H groups in total. The van der Waals surface area contributed by atoms with Gasteiger partial charge in [0.2, 0.25) is 0 Å². The minimum Gasteiger partial charge on any atom is -0.493 e. The van der Waals surface area contributed by atoms with Crippen molar-refractivity contribution in [3.63, 3.8) is 0 Å². The Morgan fingerprint density at radius 1 is 0.929 bits per heavy atom. The Hall–Kier alpha value is -1.88. The quantitative estimate of drug-likeness (QED) is 0.385. The molecule has 0 bridgehead atoms. The number of hydrogen-bond donors (Lipinski definition) is 1. The molecule has 0 unspecified atom stereocenters. The summed E-state index contributed by atoms with van der Waals surface area (Å²) in [6, 6.07) is 17.6. The fourth-order valence-corrected chi connectivity index (χ4v) is 3.85. The van der Waals surface area contributed by atoms with Crippen molar-refractivity contribution in [2.75, 3.05) is 12.4 Å². The molecule has 3 rings (SSSR count). The third kappa shape index (κ3) is 5.57. The van der Waals surface area contributed by atoms with Gasteiger partial charge in [0.05, 0.1) is 11.6 Å². The fraction of sp³-hybridized carbons (Fsp3) is 0.182. The van der Waals surface area contributed by atoms with E-state index in [2.05, 4.69) is 52.4 Å². The van der Waals surface area contributed by atoms with Crippen LogP contribution in [0.4, 0.5) is 5.69 Å². The Balaban J connectivity index is 1.72. The van der Waals surface area contributed by atoms with E-state index < -0.39 is 0 Å². The number of nitrogens with one attached hydrogen (secondary N) is 1. The Morgan fingerprint density at radius 3 is 2.25 bits per heavy atom. The number of benzene rings is 3. The predicted molar refractivity (Wildman–Crippen MR) is 120 cm³/mol. The van der Waals surface area contributed by atoms with Gasteiger partial charge in [0.15, 0.2) is 11.5 Å². The summed E-state index contributed by atoms with van der Waals surface area (Å²) in [6.07, 6.45) is 0. The molecule has 0 atom stereocenters. The first-order valence-corrected chi connectivity index (χ1v) is 10.2. The van der Waals surface area contributed by atoms with E-state index in [0.29, 0.717) is 34.7 Å². The molecular formula is C22H20BrCl2NO2. The summed E-state index contributed by atoms with van der Waals surface area (Å²) in [6.45, 7) is 3.12. The Bertz CT molecular complexity index is 941. The van der Waals surface area contributed by atoms with Crippen LogP contribution in [-0.4, -0.2) is 7.11 Å². The van der Waals surface area contributed by atoms with Crippen LogP contribution < -0.4 is 14.8 Å². The molecule has 3 nitrogen and oxygen atoms in total. The van der Waals surface area contributed by atoms with Crippen LogP contribution in [0.15, 0.2) is 59.1 Å². The van der Waals surface area contributed by atoms with Gasteiger partial charge >= 0.3 is 0 Å². The highest BCUT2D eigenvalue weighted by atomic mass is 79.9. The van der Waals surface area contributed by atoms with Gasteiger partial charge in [-0.05, 0) is 64.3 Å². The molecule has 0 saturated heterocycles. The van der Waals surface area contributed by atoms with E-state index in [-0.39, 0.29) is 0 Å². The van der Waals surface area contributed by atoms with Crippen LogP contribution in [0.2, 0.25) is 10.0 Å². The molecular weight excluding hydrogens is 461 g/mol. The summed E-state index contributed by atoms with van der Waals surface area (Å²) in [5.41, 5.74) is 4.21. The van der Waals surface area contributed by atoms with Gasteiger partial charge in [0, 0.05) is 22.3 Å². The van der Waals surface area contributed by atoms with E-state index in [1.807, 2.05) is 24.3 Å². The van der Waals surface area contributed by atoms with Crippen molar-refractivity contribution in [2.45, 2.75) is 20.1 Å². The van der Waals surface area contributed by atoms with Crippen LogP contribution in [0.5, 0.6) is 11.5 Å². The lowest BCUT2D eigenvalue weighted by atomic mass is 10.1. The van der Waals surface area contributed by atoms with Crippen molar-refractivity contribution in [3.05, 3.63) is 85.8 Å². The number of ether oxygens (including phenoxy) is 2. The zero-order chi connectivity index (χ0) is 20.1. The first-order chi connectivity index (χ1) is 13.4. The zero-order valence-electron chi connectivity index (χ0n) is 15.6. The highest BCUT2D eigenvalue weighted by molar-refractivity contribution is 9.10. The monoisotopic (exact) mass is 479 g/mol. The van der Waals surface area contributed by atoms with Gasteiger partial charge in [-0.3, -0.25) is 0 Å². The summed E-state index contributed by atoms with van der Waals surface area (Å²) < 4.78 is 12.4. The van der Waals surface area contributed by atoms with Gasteiger partial charge in [0.25, 0.3) is 0 Å². The zero-order valence-corrected chi connectivity index (χ0v) is 18.7. The largest absolute Gasteiger partial charge is 0.493 e. The van der Waals surface area contributed by atoms with E-state index in [0.717, 1.165) is 21.3 Å². The van der Waals surface area contributed by atoms with Gasteiger partial charge in [-0.2, -0.15) is 0 Å². The SMILES string of the molecule is COc1cc(CNc2cc(Cl)cc(Cl)c2)cc(Br)c1OCc1ccc(C)cc1. The molecule has 3 aromatic rings. The number of aryl methyl sites for hydroxylation is 1. The molecule has 0 heterocycles. The smallest absolute Gasteiger partial charge is 0.175 e. The van der Waals surface area contributed by atoms with Crippen molar-refractivity contribution in [3.8, 4) is 11.5 Å². The Morgan fingerprint density at radius 2 is 1.61 bits per heavy atom. The number of methoxy groups -OCH3 is 1. The predicted octanol–water partition coefficient (Wildman–Crippen LogP) is 7.26. The summed E-state index contributed by atoms with van der Waals surface area (Å²) >= 11 is 15.7. The minimum absolute atomic E-state index is 0.466. The highest BCUT2D eigenvalue weighted by Crippen LogP contribution is 2.37. The lowest BCUT2D eigenvalue weighted by Gasteiger charge is -2.15. The van der Waals surface area contributed by atoms with E-state index >= 15 is 0 Å². The van der Waals surface area contributed by atoms with Gasteiger partial charge in [-0.15, -0.1) is 0 Å². The van der Waals surface area contributed by atoms with E-state index in [1.54, 1.807) is 13.2 Å². The van der Waals surface area contributed by atoms with E-state index in [4.69, 9.17) is 32.7 Å². The molecule has 0 saturated carbocycles. The summed E-state index contributed by atoms with van der Waals surface area (Å²) in [5.74, 6) is 1.35. The van der Waals surface area contributed by atoms with Gasteiger partial charge in [0.1, 0.15) is 6.61 Å². The standard InChI is InChI=1S/C22H20BrCl2NO2/c1-14-3-5-15(6-4-14)13-28-22-20(23)7-16(8-21(22)27-2)12-26-19-10-17(24)9-18(25)11-19/h3-11,26H,12-13H2,1-2H3. The molecule has 0 amide bonds. The molecule has 146 valence electrons. The number of halogens is 3. The van der Waals surface area contributed by atoms with Gasteiger partial charge in [-0.25, -0.2) is 0 Å². The fourth-order valence-electron chi connectivity index (χ4n) is 2.72. The van der Waals surface area contributed by atoms with Crippen molar-refractivity contribution in [1.82, 2.24) is 0 Å². The maximum absolute atomic E-state index is 6.05. The van der Waals surface area contributed by atoms with Crippen LogP contribution >= 0.6 is 39.1 Å². The highest BCUT2D eigenvalue weighted by Gasteiger charge is 2.12. The molecule has 0 spiro atoms. The molecule has 0 aromatic heterocycles. The Kier molecular flexibility index (Phi) is 7.11. The average Bonchev–Trinajstić information content (AvgIpc) is 2.65. The van der Waals surface area contributed by atoms with Crippen LogP contribution in [0, 0.1) is 6.92 Å². The number of rotatable bonds is 7. The third-order valence-electron chi connectivity index (χ3n) is 4.15. The van der Waals surface area contributed by atoms with Crippen LogP contribution in [0.1, 0.15) is 16.7 Å². The van der Waals surface area contributed by atoms with Gasteiger partial charge < -0.3 is 14.8 Å². The van der Waals surface area contributed by atoms with Gasteiger partial charge in [-0.1, -0.05) is 53.0 Å². The number of hydrogen-bond acceptors (Lipinski definition) is 3. The maximum atomic E-state index is 6.05. The summed E-state index contributed by atoms with van der Waals surface area (Å²) in [7, 11) is 1.63. The molecule has 6 heteroatoms. The lowest BCUT2D eigenvalue weighted by molar-refractivity contribution is 0.282. The minimum atomic E-state index is 0.466. The Labute approximate surface area is 183 Å². The normalized spacial score (nSPS) is 10.6. The third-order valence-corrected chi connectivity index (χ3v) is 5.18. The average molecular weight is 481 g/mol. The number of anilines is 1. The topological polar surface area (TPSA) is 30.5 Å². The molecule has 3 aromatic carbocycles.